The summed E-state index contributed by atoms with van der Waals surface area (Å²) in [6, 6.07) is 4.91. The third-order valence-electron chi connectivity index (χ3n) is 2.75. The van der Waals surface area contributed by atoms with E-state index in [-0.39, 0.29) is 4.90 Å². The average Bonchev–Trinajstić information content (AvgIpc) is 2.30. The molecule has 1 aromatic carbocycles. The van der Waals surface area contributed by atoms with Gasteiger partial charge in [0.2, 0.25) is 10.0 Å². The number of rotatable bonds is 2. The van der Waals surface area contributed by atoms with Crippen molar-refractivity contribution in [3.8, 4) is 0 Å². The van der Waals surface area contributed by atoms with Gasteiger partial charge in [0.15, 0.2) is 0 Å². The summed E-state index contributed by atoms with van der Waals surface area (Å²) in [6.45, 7) is 3.30. The third-order valence-corrected chi connectivity index (χ3v) is 4.63. The largest absolute Gasteiger partial charge is 0.299 e. The molecule has 0 amide bonds. The summed E-state index contributed by atoms with van der Waals surface area (Å²) >= 11 is 0. The highest BCUT2D eigenvalue weighted by Gasteiger charge is 2.27. The molecule has 1 aliphatic heterocycles. The summed E-state index contributed by atoms with van der Waals surface area (Å²) in [7, 11) is -1.59. The number of hydrogen-bond acceptors (Lipinski definition) is 3. The first-order chi connectivity index (χ1) is 8.00. The second kappa shape index (κ2) is 4.72. The topological polar surface area (TPSA) is 40.6 Å². The van der Waals surface area contributed by atoms with Gasteiger partial charge in [-0.3, -0.25) is 4.90 Å². The van der Waals surface area contributed by atoms with Crippen LogP contribution in [0.25, 0.3) is 0 Å². The van der Waals surface area contributed by atoms with Crippen LogP contribution in [0.3, 0.4) is 0 Å². The van der Waals surface area contributed by atoms with Crippen molar-refractivity contribution in [2.75, 3.05) is 26.7 Å². The Bertz CT molecular complexity index is 479. The fourth-order valence-electron chi connectivity index (χ4n) is 1.66. The molecule has 4 nitrogen and oxygen atoms in total. The molecule has 0 spiro atoms. The maximum Gasteiger partial charge on any atom is 0.243 e. The molecule has 1 heterocycles. The van der Waals surface area contributed by atoms with Gasteiger partial charge in [-0.15, -0.1) is 0 Å². The number of hydrogen-bond donors (Lipinski definition) is 0. The highest BCUT2D eigenvalue weighted by Crippen LogP contribution is 2.18. The SMILES string of the molecule is CN1[CH]CN(S(=O)(=O)c2ccc(F)cc2)CC1. The molecule has 1 aliphatic rings. The monoisotopic (exact) mass is 257 g/mol. The first-order valence-electron chi connectivity index (χ1n) is 5.29. The van der Waals surface area contributed by atoms with Gasteiger partial charge in [0.25, 0.3) is 0 Å². The standard InChI is InChI=1S/C11H14FN2O2S/c1-13-6-8-14(9-7-13)17(15,16)11-4-2-10(12)3-5-11/h2-6H,7-9H2,1H3. The minimum Gasteiger partial charge on any atom is -0.299 e. The number of piperazine rings is 1. The van der Waals surface area contributed by atoms with E-state index in [1.54, 1.807) is 0 Å². The molecular formula is C11H14FN2O2S. The van der Waals surface area contributed by atoms with Crippen molar-refractivity contribution in [3.63, 3.8) is 0 Å². The lowest BCUT2D eigenvalue weighted by atomic mass is 10.4. The maximum absolute atomic E-state index is 12.7. The predicted octanol–water partition coefficient (Wildman–Crippen LogP) is 0.924. The number of nitrogens with zero attached hydrogens (tertiary/aromatic N) is 2. The first-order valence-corrected chi connectivity index (χ1v) is 6.73. The van der Waals surface area contributed by atoms with Crippen molar-refractivity contribution < 1.29 is 12.8 Å². The summed E-state index contributed by atoms with van der Waals surface area (Å²) in [5.74, 6) is -0.436. The molecule has 93 valence electrons. The van der Waals surface area contributed by atoms with Crippen LogP contribution in [0.4, 0.5) is 4.39 Å². The third kappa shape index (κ3) is 2.65. The van der Waals surface area contributed by atoms with E-state index in [0.29, 0.717) is 19.6 Å². The molecule has 0 bridgehead atoms. The van der Waals surface area contributed by atoms with Crippen LogP contribution in [-0.4, -0.2) is 44.3 Å². The summed E-state index contributed by atoms with van der Waals surface area (Å²) in [4.78, 5) is 2.09. The van der Waals surface area contributed by atoms with Crippen molar-refractivity contribution >= 4 is 10.0 Å². The predicted molar refractivity (Wildman–Crippen MR) is 62.1 cm³/mol. The van der Waals surface area contributed by atoms with Crippen LogP contribution >= 0.6 is 0 Å². The van der Waals surface area contributed by atoms with E-state index < -0.39 is 15.8 Å². The van der Waals surface area contributed by atoms with Crippen LogP contribution in [0.2, 0.25) is 0 Å². The summed E-state index contributed by atoms with van der Waals surface area (Å²) in [5, 5.41) is 0. The van der Waals surface area contributed by atoms with E-state index in [4.69, 9.17) is 0 Å². The van der Waals surface area contributed by atoms with Crippen LogP contribution in [0, 0.1) is 12.4 Å². The Morgan fingerprint density at radius 3 is 2.35 bits per heavy atom. The Balaban J connectivity index is 2.21. The lowest BCUT2D eigenvalue weighted by Crippen LogP contribution is -2.44. The van der Waals surface area contributed by atoms with Gasteiger partial charge in [0.05, 0.1) is 4.90 Å². The quantitative estimate of drug-likeness (QED) is 0.791. The van der Waals surface area contributed by atoms with E-state index in [1.165, 1.54) is 16.4 Å². The average molecular weight is 257 g/mol. The van der Waals surface area contributed by atoms with E-state index in [2.05, 4.69) is 0 Å². The molecule has 1 saturated heterocycles. The van der Waals surface area contributed by atoms with Crippen molar-refractivity contribution in [1.82, 2.24) is 9.21 Å². The molecule has 0 saturated carbocycles. The van der Waals surface area contributed by atoms with Crippen molar-refractivity contribution in [3.05, 3.63) is 36.6 Å². The van der Waals surface area contributed by atoms with Crippen molar-refractivity contribution in [1.29, 1.82) is 0 Å². The molecule has 0 aromatic heterocycles. The van der Waals surface area contributed by atoms with Crippen molar-refractivity contribution in [2.45, 2.75) is 4.90 Å². The number of halogens is 1. The fraction of sp³-hybridized carbons (Fsp3) is 0.364. The van der Waals surface area contributed by atoms with Crippen molar-refractivity contribution in [2.24, 2.45) is 0 Å². The molecule has 6 heteroatoms. The smallest absolute Gasteiger partial charge is 0.243 e. The first kappa shape index (κ1) is 12.5. The molecule has 1 aromatic rings. The Morgan fingerprint density at radius 2 is 1.82 bits per heavy atom. The van der Waals surface area contributed by atoms with Gasteiger partial charge in [-0.1, -0.05) is 0 Å². The molecule has 17 heavy (non-hydrogen) atoms. The van der Waals surface area contributed by atoms with Gasteiger partial charge in [0, 0.05) is 26.2 Å². The second-order valence-electron chi connectivity index (χ2n) is 3.98. The molecule has 1 fully saturated rings. The highest BCUT2D eigenvalue weighted by atomic mass is 32.2. The fourth-order valence-corrected chi connectivity index (χ4v) is 3.02. The van der Waals surface area contributed by atoms with Crippen LogP contribution in [-0.2, 0) is 10.0 Å². The van der Waals surface area contributed by atoms with Gasteiger partial charge in [-0.05, 0) is 31.3 Å². The maximum atomic E-state index is 12.7. The zero-order valence-corrected chi connectivity index (χ0v) is 10.3. The van der Waals surface area contributed by atoms with E-state index in [1.807, 2.05) is 18.5 Å². The Hall–Kier alpha value is -0.980. The van der Waals surface area contributed by atoms with Gasteiger partial charge >= 0.3 is 0 Å². The number of benzene rings is 1. The molecule has 0 N–H and O–H groups in total. The molecule has 0 unspecified atom stereocenters. The highest BCUT2D eigenvalue weighted by molar-refractivity contribution is 7.89. The van der Waals surface area contributed by atoms with Crippen LogP contribution in [0.15, 0.2) is 29.2 Å². The lowest BCUT2D eigenvalue weighted by Gasteiger charge is -2.31. The Kier molecular flexibility index (Phi) is 3.46. The van der Waals surface area contributed by atoms with Gasteiger partial charge in [0.1, 0.15) is 5.82 Å². The second-order valence-corrected chi connectivity index (χ2v) is 5.92. The molecule has 0 aliphatic carbocycles. The Labute approximate surface area is 101 Å². The molecule has 0 atom stereocenters. The Morgan fingerprint density at radius 1 is 1.18 bits per heavy atom. The minimum atomic E-state index is -3.49. The molecule has 1 radical (unpaired) electrons. The number of likely N-dealkylation sites (N-methyl/N-ethyl adjacent to an activating group) is 1. The minimum absolute atomic E-state index is 0.136. The van der Waals surface area contributed by atoms with Crippen LogP contribution in [0.1, 0.15) is 0 Å². The van der Waals surface area contributed by atoms with Gasteiger partial charge < -0.3 is 0 Å². The van der Waals surface area contributed by atoms with E-state index in [0.717, 1.165) is 12.1 Å². The normalized spacial score (nSPS) is 19.4. The summed E-state index contributed by atoms with van der Waals surface area (Å²) in [6.07, 6.45) is 0. The molecule has 2 rings (SSSR count). The zero-order valence-electron chi connectivity index (χ0n) is 9.51. The van der Waals surface area contributed by atoms with Crippen LogP contribution in [0.5, 0.6) is 0 Å². The van der Waals surface area contributed by atoms with E-state index in [9.17, 15) is 12.8 Å². The molecular weight excluding hydrogens is 243 g/mol. The lowest BCUT2D eigenvalue weighted by molar-refractivity contribution is 0.269. The van der Waals surface area contributed by atoms with E-state index >= 15 is 0 Å². The summed E-state index contributed by atoms with van der Waals surface area (Å²) < 4.78 is 38.5. The van der Waals surface area contributed by atoms with Gasteiger partial charge in [-0.2, -0.15) is 4.31 Å². The number of sulfonamides is 1. The van der Waals surface area contributed by atoms with Crippen LogP contribution < -0.4 is 0 Å². The zero-order chi connectivity index (χ0) is 12.5. The summed E-state index contributed by atoms with van der Waals surface area (Å²) in [5.41, 5.74) is 0. The van der Waals surface area contributed by atoms with Gasteiger partial charge in [-0.25, -0.2) is 12.8 Å².